The van der Waals surface area contributed by atoms with E-state index in [1.807, 2.05) is 17.5 Å². The van der Waals surface area contributed by atoms with Crippen LogP contribution >= 0.6 is 11.3 Å². The maximum Gasteiger partial charge on any atom is 0.317 e. The van der Waals surface area contributed by atoms with Crippen molar-refractivity contribution in [2.45, 2.75) is 19.3 Å². The molecule has 1 aliphatic carbocycles. The standard InChI is InChI=1S/C20H21NO5S2/c1-3-26-20(23)19-16(18-5-4-10-27-18)11-14(12-17(19)22)13-6-8-15(9-7-13)21-28(2,24)25/h4-10,12,16,19,21H,3,11H2,1-2H3/t16-,19-/m0/s1. The molecule has 2 atom stereocenters. The summed E-state index contributed by atoms with van der Waals surface area (Å²) in [5.74, 6) is -1.88. The summed E-state index contributed by atoms with van der Waals surface area (Å²) < 4.78 is 30.2. The summed E-state index contributed by atoms with van der Waals surface area (Å²) in [6.45, 7) is 1.95. The molecule has 0 saturated carbocycles. The van der Waals surface area contributed by atoms with E-state index >= 15 is 0 Å². The van der Waals surface area contributed by atoms with Gasteiger partial charge in [0, 0.05) is 16.5 Å². The molecule has 1 N–H and O–H groups in total. The number of nitrogens with one attached hydrogen (secondary N) is 1. The molecule has 0 radical (unpaired) electrons. The number of ether oxygens (including phenoxy) is 1. The zero-order valence-corrected chi connectivity index (χ0v) is 17.2. The van der Waals surface area contributed by atoms with Crippen molar-refractivity contribution in [2.24, 2.45) is 5.92 Å². The van der Waals surface area contributed by atoms with E-state index in [-0.39, 0.29) is 18.3 Å². The fraction of sp³-hybridized carbons (Fsp3) is 0.300. The number of carbonyl (C=O) groups is 2. The summed E-state index contributed by atoms with van der Waals surface area (Å²) in [7, 11) is -3.35. The van der Waals surface area contributed by atoms with E-state index in [9.17, 15) is 18.0 Å². The van der Waals surface area contributed by atoms with Gasteiger partial charge in [-0.15, -0.1) is 11.3 Å². The third-order valence-electron chi connectivity index (χ3n) is 4.47. The number of sulfonamides is 1. The van der Waals surface area contributed by atoms with Gasteiger partial charge < -0.3 is 4.74 Å². The highest BCUT2D eigenvalue weighted by Gasteiger charge is 2.40. The highest BCUT2D eigenvalue weighted by molar-refractivity contribution is 7.92. The fourth-order valence-corrected chi connectivity index (χ4v) is 4.75. The Morgan fingerprint density at radius 1 is 1.25 bits per heavy atom. The van der Waals surface area contributed by atoms with Gasteiger partial charge in [-0.3, -0.25) is 14.3 Å². The Hall–Kier alpha value is -2.45. The first kappa shape index (κ1) is 20.3. The normalized spacial score (nSPS) is 19.8. The smallest absolute Gasteiger partial charge is 0.317 e. The van der Waals surface area contributed by atoms with E-state index < -0.39 is 21.9 Å². The molecule has 0 fully saturated rings. The molecule has 3 rings (SSSR count). The summed E-state index contributed by atoms with van der Waals surface area (Å²) in [6.07, 6.45) is 3.11. The highest BCUT2D eigenvalue weighted by atomic mass is 32.2. The Labute approximate surface area is 168 Å². The molecule has 1 aromatic heterocycles. The largest absolute Gasteiger partial charge is 0.465 e. The Morgan fingerprint density at radius 3 is 2.54 bits per heavy atom. The minimum atomic E-state index is -3.35. The Balaban J connectivity index is 1.91. The number of carbonyl (C=O) groups excluding carboxylic acids is 2. The first-order valence-electron chi connectivity index (χ1n) is 8.81. The summed E-state index contributed by atoms with van der Waals surface area (Å²) in [5, 5.41) is 1.92. The lowest BCUT2D eigenvalue weighted by molar-refractivity contribution is -0.151. The first-order valence-corrected chi connectivity index (χ1v) is 11.6. The Kier molecular flexibility index (Phi) is 6.00. The number of hydrogen-bond acceptors (Lipinski definition) is 6. The van der Waals surface area contributed by atoms with Gasteiger partial charge in [0.15, 0.2) is 5.78 Å². The number of benzene rings is 1. The molecule has 1 aliphatic rings. The van der Waals surface area contributed by atoms with Crippen LogP contribution in [0.5, 0.6) is 0 Å². The second kappa shape index (κ2) is 8.28. The van der Waals surface area contributed by atoms with Gasteiger partial charge in [-0.1, -0.05) is 18.2 Å². The second-order valence-electron chi connectivity index (χ2n) is 6.58. The van der Waals surface area contributed by atoms with Crippen LogP contribution in [0.2, 0.25) is 0 Å². The third kappa shape index (κ3) is 4.69. The van der Waals surface area contributed by atoms with Crippen LogP contribution in [0.25, 0.3) is 5.57 Å². The van der Waals surface area contributed by atoms with Gasteiger partial charge in [-0.2, -0.15) is 0 Å². The van der Waals surface area contributed by atoms with Crippen LogP contribution in [-0.2, 0) is 24.3 Å². The molecular formula is C20H21NO5S2. The number of rotatable bonds is 6. The predicted octanol–water partition coefficient (Wildman–Crippen LogP) is 3.44. The third-order valence-corrected chi connectivity index (χ3v) is 6.08. The number of allylic oxidation sites excluding steroid dienone is 2. The van der Waals surface area contributed by atoms with Crippen LogP contribution < -0.4 is 4.72 Å². The molecule has 148 valence electrons. The maximum absolute atomic E-state index is 12.8. The van der Waals surface area contributed by atoms with Crippen molar-refractivity contribution in [3.8, 4) is 0 Å². The molecule has 1 heterocycles. The topological polar surface area (TPSA) is 89.5 Å². The van der Waals surface area contributed by atoms with Crippen LogP contribution in [0.4, 0.5) is 5.69 Å². The maximum atomic E-state index is 12.8. The lowest BCUT2D eigenvalue weighted by Crippen LogP contribution is -2.33. The summed E-state index contributed by atoms with van der Waals surface area (Å²) in [4.78, 5) is 26.2. The Bertz CT molecular complexity index is 992. The molecule has 0 unspecified atom stereocenters. The summed E-state index contributed by atoms with van der Waals surface area (Å²) in [6, 6.07) is 10.7. The highest BCUT2D eigenvalue weighted by Crippen LogP contribution is 2.42. The molecule has 0 spiro atoms. The zero-order chi connectivity index (χ0) is 20.3. The molecule has 2 aromatic rings. The van der Waals surface area contributed by atoms with Gasteiger partial charge >= 0.3 is 5.97 Å². The van der Waals surface area contributed by atoms with Crippen LogP contribution in [-0.4, -0.2) is 33.0 Å². The van der Waals surface area contributed by atoms with Gasteiger partial charge in [-0.05, 0) is 54.1 Å². The molecule has 0 saturated heterocycles. The predicted molar refractivity (Wildman–Crippen MR) is 110 cm³/mol. The van der Waals surface area contributed by atoms with Gasteiger partial charge in [0.25, 0.3) is 0 Å². The first-order chi connectivity index (χ1) is 13.3. The lowest BCUT2D eigenvalue weighted by Gasteiger charge is -2.28. The molecule has 6 nitrogen and oxygen atoms in total. The Morgan fingerprint density at radius 2 is 1.96 bits per heavy atom. The van der Waals surface area contributed by atoms with Gasteiger partial charge in [0.05, 0.1) is 12.9 Å². The van der Waals surface area contributed by atoms with Crippen LogP contribution in [0.3, 0.4) is 0 Å². The van der Waals surface area contributed by atoms with Crippen molar-refractivity contribution in [3.63, 3.8) is 0 Å². The molecule has 28 heavy (non-hydrogen) atoms. The van der Waals surface area contributed by atoms with Crippen LogP contribution in [0.15, 0.2) is 47.9 Å². The lowest BCUT2D eigenvalue weighted by atomic mass is 9.76. The minimum Gasteiger partial charge on any atom is -0.465 e. The van der Waals surface area contributed by atoms with E-state index in [1.54, 1.807) is 31.2 Å². The number of anilines is 1. The fourth-order valence-electron chi connectivity index (χ4n) is 3.32. The van der Waals surface area contributed by atoms with Crippen molar-refractivity contribution in [1.29, 1.82) is 0 Å². The number of thiophene rings is 1. The van der Waals surface area contributed by atoms with Crippen molar-refractivity contribution in [1.82, 2.24) is 0 Å². The van der Waals surface area contributed by atoms with Crippen molar-refractivity contribution in [3.05, 3.63) is 58.3 Å². The van der Waals surface area contributed by atoms with Crippen LogP contribution in [0.1, 0.15) is 29.7 Å². The average Bonchev–Trinajstić information content (AvgIpc) is 3.15. The van der Waals surface area contributed by atoms with Gasteiger partial charge in [0.2, 0.25) is 10.0 Å². The monoisotopic (exact) mass is 419 g/mol. The molecule has 0 bridgehead atoms. The van der Waals surface area contributed by atoms with Crippen LogP contribution in [0, 0.1) is 5.92 Å². The van der Waals surface area contributed by atoms with E-state index in [4.69, 9.17) is 4.74 Å². The summed E-state index contributed by atoms with van der Waals surface area (Å²) >= 11 is 1.51. The quantitative estimate of drug-likeness (QED) is 0.572. The number of esters is 1. The second-order valence-corrected chi connectivity index (χ2v) is 9.31. The van der Waals surface area contributed by atoms with Gasteiger partial charge in [0.1, 0.15) is 5.92 Å². The molecule has 1 aromatic carbocycles. The van der Waals surface area contributed by atoms with E-state index in [1.165, 1.54) is 17.4 Å². The summed E-state index contributed by atoms with van der Waals surface area (Å²) in [5.41, 5.74) is 2.08. The number of ketones is 1. The molecule has 0 amide bonds. The number of hydrogen-bond donors (Lipinski definition) is 1. The SMILES string of the molecule is CCOC(=O)[C@@H]1C(=O)C=C(c2ccc(NS(C)(=O)=O)cc2)C[C@H]1c1cccs1. The molecular weight excluding hydrogens is 398 g/mol. The molecule has 0 aliphatic heterocycles. The zero-order valence-electron chi connectivity index (χ0n) is 15.5. The van der Waals surface area contributed by atoms with E-state index in [2.05, 4.69) is 4.72 Å². The van der Waals surface area contributed by atoms with E-state index in [0.717, 1.165) is 22.3 Å². The van der Waals surface area contributed by atoms with Crippen molar-refractivity contribution >= 4 is 44.4 Å². The van der Waals surface area contributed by atoms with Crippen molar-refractivity contribution in [2.75, 3.05) is 17.6 Å². The van der Waals surface area contributed by atoms with Crippen molar-refractivity contribution < 1.29 is 22.7 Å². The minimum absolute atomic E-state index is 0.227. The van der Waals surface area contributed by atoms with E-state index in [0.29, 0.717) is 12.1 Å². The molecule has 8 heteroatoms. The van der Waals surface area contributed by atoms with Gasteiger partial charge in [-0.25, -0.2) is 8.42 Å². The average molecular weight is 420 g/mol.